The van der Waals surface area contributed by atoms with Crippen LogP contribution in [-0.2, 0) is 5.54 Å². The predicted octanol–water partition coefficient (Wildman–Crippen LogP) is 3.76. The molecule has 0 spiro atoms. The van der Waals surface area contributed by atoms with Crippen molar-refractivity contribution in [3.63, 3.8) is 0 Å². The fourth-order valence-corrected chi connectivity index (χ4v) is 3.57. The lowest BCUT2D eigenvalue weighted by Gasteiger charge is -2.45. The first-order chi connectivity index (χ1) is 9.56. The summed E-state index contributed by atoms with van der Waals surface area (Å²) in [7, 11) is 0. The predicted molar refractivity (Wildman–Crippen MR) is 86.6 cm³/mol. The summed E-state index contributed by atoms with van der Waals surface area (Å²) in [5.41, 5.74) is 7.94. The molecular formula is C18H30N2. The van der Waals surface area contributed by atoms with Crippen molar-refractivity contribution in [3.05, 3.63) is 35.9 Å². The van der Waals surface area contributed by atoms with E-state index >= 15 is 0 Å². The molecule has 0 bridgehead atoms. The maximum atomic E-state index is 6.95. The third kappa shape index (κ3) is 3.07. The third-order valence-electron chi connectivity index (χ3n) is 5.11. The average molecular weight is 274 g/mol. The Morgan fingerprint density at radius 2 is 1.50 bits per heavy atom. The Kier molecular flexibility index (Phi) is 5.22. The van der Waals surface area contributed by atoms with Crippen molar-refractivity contribution in [2.45, 2.75) is 58.0 Å². The standard InChI is InChI=1S/C18H30N2/c1-15(2)18(19,17-11-7-6-8-12-17)16(3)20-13-9-4-5-10-14-20/h6-8,11-12,15-16H,4-5,9-10,13-14,19H2,1-3H3. The van der Waals surface area contributed by atoms with Crippen molar-refractivity contribution < 1.29 is 0 Å². The molecular weight excluding hydrogens is 244 g/mol. The van der Waals surface area contributed by atoms with Crippen LogP contribution in [0.4, 0.5) is 0 Å². The molecule has 1 aliphatic heterocycles. The van der Waals surface area contributed by atoms with Crippen LogP contribution in [0.15, 0.2) is 30.3 Å². The van der Waals surface area contributed by atoms with Crippen LogP contribution in [0.5, 0.6) is 0 Å². The van der Waals surface area contributed by atoms with Crippen molar-refractivity contribution in [1.29, 1.82) is 0 Å². The highest BCUT2D eigenvalue weighted by molar-refractivity contribution is 5.27. The van der Waals surface area contributed by atoms with Gasteiger partial charge in [0, 0.05) is 6.04 Å². The first-order valence-electron chi connectivity index (χ1n) is 8.15. The van der Waals surface area contributed by atoms with E-state index in [1.165, 1.54) is 44.3 Å². The van der Waals surface area contributed by atoms with Crippen LogP contribution in [-0.4, -0.2) is 24.0 Å². The molecule has 112 valence electrons. The van der Waals surface area contributed by atoms with Gasteiger partial charge in [0.2, 0.25) is 0 Å². The van der Waals surface area contributed by atoms with Gasteiger partial charge in [0.05, 0.1) is 5.54 Å². The first-order valence-corrected chi connectivity index (χ1v) is 8.15. The Morgan fingerprint density at radius 3 is 2.00 bits per heavy atom. The lowest BCUT2D eigenvalue weighted by molar-refractivity contribution is 0.103. The highest BCUT2D eigenvalue weighted by Gasteiger charge is 2.39. The van der Waals surface area contributed by atoms with E-state index in [-0.39, 0.29) is 5.54 Å². The molecule has 0 amide bonds. The Labute approximate surface area is 124 Å². The van der Waals surface area contributed by atoms with E-state index in [2.05, 4.69) is 56.0 Å². The smallest absolute Gasteiger partial charge is 0.0587 e. The van der Waals surface area contributed by atoms with E-state index in [1.807, 2.05) is 0 Å². The molecule has 20 heavy (non-hydrogen) atoms. The van der Waals surface area contributed by atoms with E-state index < -0.39 is 0 Å². The van der Waals surface area contributed by atoms with Crippen LogP contribution in [0.3, 0.4) is 0 Å². The summed E-state index contributed by atoms with van der Waals surface area (Å²) in [5.74, 6) is 0.420. The summed E-state index contributed by atoms with van der Waals surface area (Å²) in [5, 5.41) is 0. The summed E-state index contributed by atoms with van der Waals surface area (Å²) < 4.78 is 0. The number of rotatable bonds is 4. The fourth-order valence-electron chi connectivity index (χ4n) is 3.57. The van der Waals surface area contributed by atoms with Gasteiger partial charge in [-0.2, -0.15) is 0 Å². The zero-order chi connectivity index (χ0) is 14.6. The van der Waals surface area contributed by atoms with E-state index in [1.54, 1.807) is 0 Å². The third-order valence-corrected chi connectivity index (χ3v) is 5.11. The number of benzene rings is 1. The second kappa shape index (κ2) is 6.73. The van der Waals surface area contributed by atoms with Crippen LogP contribution < -0.4 is 5.73 Å². The largest absolute Gasteiger partial charge is 0.320 e. The van der Waals surface area contributed by atoms with Crippen LogP contribution >= 0.6 is 0 Å². The summed E-state index contributed by atoms with van der Waals surface area (Å²) >= 11 is 0. The molecule has 0 aromatic heterocycles. The monoisotopic (exact) mass is 274 g/mol. The topological polar surface area (TPSA) is 29.3 Å². The van der Waals surface area contributed by atoms with Gasteiger partial charge in [-0.1, -0.05) is 57.0 Å². The fraction of sp³-hybridized carbons (Fsp3) is 0.667. The van der Waals surface area contributed by atoms with E-state index in [4.69, 9.17) is 5.73 Å². The van der Waals surface area contributed by atoms with Crippen LogP contribution in [0.1, 0.15) is 52.0 Å². The zero-order valence-corrected chi connectivity index (χ0v) is 13.3. The van der Waals surface area contributed by atoms with Gasteiger partial charge in [0.15, 0.2) is 0 Å². The zero-order valence-electron chi connectivity index (χ0n) is 13.3. The van der Waals surface area contributed by atoms with Gasteiger partial charge in [0.25, 0.3) is 0 Å². The van der Waals surface area contributed by atoms with Crippen molar-refractivity contribution in [2.75, 3.05) is 13.1 Å². The molecule has 1 aromatic rings. The average Bonchev–Trinajstić information content (AvgIpc) is 2.75. The van der Waals surface area contributed by atoms with Gasteiger partial charge >= 0.3 is 0 Å². The highest BCUT2D eigenvalue weighted by Crippen LogP contribution is 2.34. The van der Waals surface area contributed by atoms with E-state index in [0.717, 1.165) is 0 Å². The SMILES string of the molecule is CC(C)C(N)(c1ccccc1)C(C)N1CCCCCC1. The molecule has 0 saturated carbocycles. The lowest BCUT2D eigenvalue weighted by atomic mass is 9.75. The Hall–Kier alpha value is -0.860. The van der Waals surface area contributed by atoms with Crippen LogP contribution in [0.2, 0.25) is 0 Å². The summed E-state index contributed by atoms with van der Waals surface area (Å²) in [6, 6.07) is 11.0. The molecule has 1 heterocycles. The number of nitrogens with two attached hydrogens (primary N) is 1. The normalized spacial score (nSPS) is 22.2. The Morgan fingerprint density at radius 1 is 0.950 bits per heavy atom. The van der Waals surface area contributed by atoms with Crippen molar-refractivity contribution in [3.8, 4) is 0 Å². The van der Waals surface area contributed by atoms with E-state index in [9.17, 15) is 0 Å². The molecule has 2 rings (SSSR count). The van der Waals surface area contributed by atoms with Gasteiger partial charge in [-0.25, -0.2) is 0 Å². The van der Waals surface area contributed by atoms with Gasteiger partial charge < -0.3 is 5.73 Å². The first kappa shape index (κ1) is 15.5. The van der Waals surface area contributed by atoms with Gasteiger partial charge in [0.1, 0.15) is 0 Å². The maximum absolute atomic E-state index is 6.95. The van der Waals surface area contributed by atoms with Crippen molar-refractivity contribution >= 4 is 0 Å². The highest BCUT2D eigenvalue weighted by atomic mass is 15.2. The second-order valence-corrected chi connectivity index (χ2v) is 6.58. The van der Waals surface area contributed by atoms with Gasteiger partial charge in [-0.3, -0.25) is 4.90 Å². The Balaban J connectivity index is 2.27. The number of likely N-dealkylation sites (tertiary alicyclic amines) is 1. The maximum Gasteiger partial charge on any atom is 0.0587 e. The molecule has 1 saturated heterocycles. The van der Waals surface area contributed by atoms with Crippen molar-refractivity contribution in [1.82, 2.24) is 4.90 Å². The molecule has 0 radical (unpaired) electrons. The lowest BCUT2D eigenvalue weighted by Crippen LogP contribution is -2.58. The van der Waals surface area contributed by atoms with Gasteiger partial charge in [-0.15, -0.1) is 0 Å². The second-order valence-electron chi connectivity index (χ2n) is 6.58. The quantitative estimate of drug-likeness (QED) is 0.906. The summed E-state index contributed by atoms with van der Waals surface area (Å²) in [6.07, 6.45) is 5.36. The van der Waals surface area contributed by atoms with Crippen molar-refractivity contribution in [2.24, 2.45) is 11.7 Å². The molecule has 2 heteroatoms. The molecule has 2 N–H and O–H groups in total. The molecule has 2 unspecified atom stereocenters. The minimum atomic E-state index is -0.272. The molecule has 1 aromatic carbocycles. The summed E-state index contributed by atoms with van der Waals surface area (Å²) in [6.45, 7) is 9.21. The Bertz CT molecular complexity index is 393. The molecule has 1 aliphatic rings. The van der Waals surface area contributed by atoms with E-state index in [0.29, 0.717) is 12.0 Å². The summed E-state index contributed by atoms with van der Waals surface area (Å²) in [4.78, 5) is 2.61. The number of hydrogen-bond acceptors (Lipinski definition) is 2. The number of nitrogens with zero attached hydrogens (tertiary/aromatic N) is 1. The minimum absolute atomic E-state index is 0.272. The number of hydrogen-bond donors (Lipinski definition) is 1. The molecule has 1 fully saturated rings. The molecule has 0 aliphatic carbocycles. The van der Waals surface area contributed by atoms with Crippen LogP contribution in [0, 0.1) is 5.92 Å². The van der Waals surface area contributed by atoms with Crippen LogP contribution in [0.25, 0.3) is 0 Å². The minimum Gasteiger partial charge on any atom is -0.320 e. The molecule has 2 atom stereocenters. The molecule has 2 nitrogen and oxygen atoms in total. The van der Waals surface area contributed by atoms with Gasteiger partial charge in [-0.05, 0) is 44.3 Å².